The molecule has 0 spiro atoms. The van der Waals surface area contributed by atoms with E-state index in [1.54, 1.807) is 11.8 Å². The van der Waals surface area contributed by atoms with E-state index in [0.717, 1.165) is 26.9 Å². The summed E-state index contributed by atoms with van der Waals surface area (Å²) in [5.41, 5.74) is 4.02. The molecule has 0 aliphatic heterocycles. The number of hydrogen-bond acceptors (Lipinski definition) is 4. The van der Waals surface area contributed by atoms with E-state index in [1.807, 2.05) is 62.6 Å². The molecule has 3 nitrogen and oxygen atoms in total. The number of hydrogen-bond donors (Lipinski definition) is 0. The van der Waals surface area contributed by atoms with Gasteiger partial charge in [-0.2, -0.15) is 0 Å². The van der Waals surface area contributed by atoms with Crippen LogP contribution in [0, 0.1) is 13.8 Å². The number of carbonyl (C=O) groups excluding carboxylic acids is 1. The summed E-state index contributed by atoms with van der Waals surface area (Å²) in [6.07, 6.45) is 2.02. The van der Waals surface area contributed by atoms with Crippen molar-refractivity contribution in [1.29, 1.82) is 0 Å². The number of aryl methyl sites for hydroxylation is 2. The summed E-state index contributed by atoms with van der Waals surface area (Å²) < 4.78 is 5.46. The molecule has 0 radical (unpaired) electrons. The van der Waals surface area contributed by atoms with E-state index in [4.69, 9.17) is 16.3 Å². The van der Waals surface area contributed by atoms with E-state index < -0.39 is 0 Å². The first-order valence-corrected chi connectivity index (χ1v) is 9.46. The molecule has 25 heavy (non-hydrogen) atoms. The van der Waals surface area contributed by atoms with Gasteiger partial charge in [-0.3, -0.25) is 0 Å². The maximum absolute atomic E-state index is 12.4. The number of fused-ring (bicyclic) bond motifs is 1. The molecular formula is C20H18ClNO2S. The molecule has 5 heteroatoms. The minimum Gasteiger partial charge on any atom is -0.457 e. The van der Waals surface area contributed by atoms with Crippen LogP contribution >= 0.6 is 23.4 Å². The van der Waals surface area contributed by atoms with Crippen LogP contribution in [0.25, 0.3) is 10.9 Å². The summed E-state index contributed by atoms with van der Waals surface area (Å²) in [4.78, 5) is 17.9. The van der Waals surface area contributed by atoms with Crippen LogP contribution < -0.4 is 0 Å². The average molecular weight is 372 g/mol. The Kier molecular flexibility index (Phi) is 5.30. The van der Waals surface area contributed by atoms with Crippen LogP contribution in [0.2, 0.25) is 5.15 Å². The maximum atomic E-state index is 12.4. The average Bonchev–Trinajstić information content (AvgIpc) is 2.61. The Morgan fingerprint density at radius 3 is 2.72 bits per heavy atom. The molecule has 0 saturated carbocycles. The highest BCUT2D eigenvalue weighted by Crippen LogP contribution is 2.25. The highest BCUT2D eigenvalue weighted by molar-refractivity contribution is 7.98. The highest BCUT2D eigenvalue weighted by atomic mass is 35.5. The van der Waals surface area contributed by atoms with Gasteiger partial charge in [0.25, 0.3) is 0 Å². The molecular weight excluding hydrogens is 354 g/mol. The summed E-state index contributed by atoms with van der Waals surface area (Å²) >= 11 is 7.93. The highest BCUT2D eigenvalue weighted by Gasteiger charge is 2.13. The standard InChI is InChI=1S/C20H18ClNO2S/c1-12-4-5-13(2)17(8-12)20(23)24-11-15-9-14-6-7-16(25-3)10-18(14)22-19(15)21/h4-10H,11H2,1-3H3. The van der Waals surface area contributed by atoms with Crippen molar-refractivity contribution in [3.8, 4) is 0 Å². The van der Waals surface area contributed by atoms with Gasteiger partial charge in [-0.25, -0.2) is 9.78 Å². The van der Waals surface area contributed by atoms with Gasteiger partial charge in [0.15, 0.2) is 0 Å². The molecule has 2 aromatic carbocycles. The van der Waals surface area contributed by atoms with Gasteiger partial charge >= 0.3 is 5.97 Å². The van der Waals surface area contributed by atoms with Crippen LogP contribution in [0.1, 0.15) is 27.0 Å². The minimum absolute atomic E-state index is 0.0955. The summed E-state index contributed by atoms with van der Waals surface area (Å²) in [6, 6.07) is 13.7. The Morgan fingerprint density at radius 1 is 1.16 bits per heavy atom. The number of pyridine rings is 1. The zero-order valence-corrected chi connectivity index (χ0v) is 15.9. The van der Waals surface area contributed by atoms with Gasteiger partial charge in [0.2, 0.25) is 0 Å². The van der Waals surface area contributed by atoms with Crippen molar-refractivity contribution in [3.63, 3.8) is 0 Å². The fraction of sp³-hybridized carbons (Fsp3) is 0.200. The van der Waals surface area contributed by atoms with Crippen LogP contribution in [0.3, 0.4) is 0 Å². The van der Waals surface area contributed by atoms with Gasteiger partial charge in [-0.05, 0) is 49.9 Å². The molecule has 1 heterocycles. The number of halogens is 1. The molecule has 0 saturated heterocycles. The van der Waals surface area contributed by atoms with Crippen molar-refractivity contribution in [2.24, 2.45) is 0 Å². The summed E-state index contributed by atoms with van der Waals surface area (Å²) in [5, 5.41) is 1.33. The Labute approximate surface area is 156 Å². The first-order chi connectivity index (χ1) is 12.0. The van der Waals surface area contributed by atoms with E-state index in [-0.39, 0.29) is 12.6 Å². The van der Waals surface area contributed by atoms with Crippen LogP contribution in [0.15, 0.2) is 47.4 Å². The predicted octanol–water partition coefficient (Wildman–Crippen LogP) is 5.58. The third kappa shape index (κ3) is 3.97. The lowest BCUT2D eigenvalue weighted by Gasteiger charge is -2.10. The van der Waals surface area contributed by atoms with Crippen LogP contribution in [-0.4, -0.2) is 17.2 Å². The Hall–Kier alpha value is -2.04. The van der Waals surface area contributed by atoms with E-state index in [9.17, 15) is 4.79 Å². The van der Waals surface area contributed by atoms with Crippen molar-refractivity contribution < 1.29 is 9.53 Å². The number of esters is 1. The van der Waals surface area contributed by atoms with E-state index >= 15 is 0 Å². The van der Waals surface area contributed by atoms with Crippen LogP contribution in [-0.2, 0) is 11.3 Å². The third-order valence-corrected chi connectivity index (χ3v) is 5.08. The molecule has 0 atom stereocenters. The van der Waals surface area contributed by atoms with Crippen molar-refractivity contribution >= 4 is 40.2 Å². The first-order valence-electron chi connectivity index (χ1n) is 7.85. The van der Waals surface area contributed by atoms with E-state index in [1.165, 1.54) is 0 Å². The third-order valence-electron chi connectivity index (χ3n) is 4.02. The van der Waals surface area contributed by atoms with Crippen LogP contribution in [0.5, 0.6) is 0 Å². The lowest BCUT2D eigenvalue weighted by atomic mass is 10.1. The monoisotopic (exact) mass is 371 g/mol. The second-order valence-electron chi connectivity index (χ2n) is 5.89. The van der Waals surface area contributed by atoms with Gasteiger partial charge in [-0.15, -0.1) is 11.8 Å². The largest absolute Gasteiger partial charge is 0.457 e. The predicted molar refractivity (Wildman–Crippen MR) is 104 cm³/mol. The Bertz CT molecular complexity index is 956. The molecule has 0 bridgehead atoms. The number of thioether (sulfide) groups is 1. The summed E-state index contributed by atoms with van der Waals surface area (Å²) in [7, 11) is 0. The molecule has 3 rings (SSSR count). The van der Waals surface area contributed by atoms with Gasteiger partial charge in [0, 0.05) is 15.8 Å². The molecule has 3 aromatic rings. The first kappa shape index (κ1) is 17.8. The number of rotatable bonds is 4. The second kappa shape index (κ2) is 7.46. The number of carbonyl (C=O) groups is 1. The molecule has 0 N–H and O–H groups in total. The molecule has 1 aromatic heterocycles. The number of nitrogens with zero attached hydrogens (tertiary/aromatic N) is 1. The van der Waals surface area contributed by atoms with E-state index in [2.05, 4.69) is 4.98 Å². The fourth-order valence-electron chi connectivity index (χ4n) is 2.57. The Balaban J connectivity index is 1.82. The second-order valence-corrected chi connectivity index (χ2v) is 7.13. The number of benzene rings is 2. The molecule has 0 amide bonds. The lowest BCUT2D eigenvalue weighted by molar-refractivity contribution is 0.0471. The molecule has 0 aliphatic carbocycles. The SMILES string of the molecule is CSc1ccc2cc(COC(=O)c3cc(C)ccc3C)c(Cl)nc2c1. The summed E-state index contributed by atoms with van der Waals surface area (Å²) in [5.74, 6) is -0.352. The van der Waals surface area contributed by atoms with Gasteiger partial charge in [0.1, 0.15) is 11.8 Å². The van der Waals surface area contributed by atoms with Crippen LogP contribution in [0.4, 0.5) is 0 Å². The van der Waals surface area contributed by atoms with Gasteiger partial charge in [0.05, 0.1) is 11.1 Å². The van der Waals surface area contributed by atoms with Crippen molar-refractivity contribution in [2.45, 2.75) is 25.3 Å². The quantitative estimate of drug-likeness (QED) is 0.340. The zero-order chi connectivity index (χ0) is 18.0. The van der Waals surface area contributed by atoms with Crippen molar-refractivity contribution in [1.82, 2.24) is 4.98 Å². The number of aromatic nitrogens is 1. The molecule has 0 aliphatic rings. The molecule has 0 fully saturated rings. The fourth-order valence-corrected chi connectivity index (χ4v) is 3.21. The number of ether oxygens (including phenoxy) is 1. The van der Waals surface area contributed by atoms with Gasteiger partial charge < -0.3 is 4.74 Å². The van der Waals surface area contributed by atoms with Crippen molar-refractivity contribution in [2.75, 3.05) is 6.26 Å². The zero-order valence-electron chi connectivity index (χ0n) is 14.3. The normalized spacial score (nSPS) is 10.9. The summed E-state index contributed by atoms with van der Waals surface area (Å²) in [6.45, 7) is 3.94. The smallest absolute Gasteiger partial charge is 0.338 e. The van der Waals surface area contributed by atoms with E-state index in [0.29, 0.717) is 16.3 Å². The minimum atomic E-state index is -0.352. The molecule has 0 unspecified atom stereocenters. The van der Waals surface area contributed by atoms with Crippen molar-refractivity contribution in [3.05, 3.63) is 69.9 Å². The Morgan fingerprint density at radius 2 is 1.96 bits per heavy atom. The topological polar surface area (TPSA) is 39.2 Å². The van der Waals surface area contributed by atoms with Gasteiger partial charge in [-0.1, -0.05) is 35.4 Å². The molecule has 128 valence electrons. The lowest BCUT2D eigenvalue weighted by Crippen LogP contribution is -2.08. The maximum Gasteiger partial charge on any atom is 0.338 e.